The summed E-state index contributed by atoms with van der Waals surface area (Å²) >= 11 is 4.75. The first kappa shape index (κ1) is 19.5. The normalized spacial score (nSPS) is 11.6. The zero-order valence-corrected chi connectivity index (χ0v) is 16.3. The summed E-state index contributed by atoms with van der Waals surface area (Å²) in [6.07, 6.45) is 1.16. The Labute approximate surface area is 165 Å². The molecule has 28 heavy (non-hydrogen) atoms. The van der Waals surface area contributed by atoms with E-state index in [1.807, 2.05) is 13.0 Å². The molecule has 1 heterocycles. The van der Waals surface area contributed by atoms with E-state index >= 15 is 0 Å². The minimum atomic E-state index is -3.75. The first-order valence-corrected chi connectivity index (χ1v) is 9.93. The molecule has 0 aliphatic heterocycles. The maximum atomic E-state index is 12.5. The van der Waals surface area contributed by atoms with Crippen LogP contribution in [0.4, 0.5) is 11.4 Å². The van der Waals surface area contributed by atoms with Gasteiger partial charge in [-0.3, -0.25) is 19.5 Å². The molecule has 4 N–H and O–H groups in total. The predicted molar refractivity (Wildman–Crippen MR) is 110 cm³/mol. The second-order valence-corrected chi connectivity index (χ2v) is 7.99. The van der Waals surface area contributed by atoms with Crippen molar-refractivity contribution >= 4 is 39.8 Å². The van der Waals surface area contributed by atoms with Crippen LogP contribution in [0.15, 0.2) is 63.2 Å². The third-order valence-electron chi connectivity index (χ3n) is 3.72. The van der Waals surface area contributed by atoms with Gasteiger partial charge < -0.3 is 10.1 Å². The Morgan fingerprint density at radius 2 is 1.86 bits per heavy atom. The van der Waals surface area contributed by atoms with Gasteiger partial charge in [0.15, 0.2) is 4.77 Å². The molecule has 0 spiro atoms. The van der Waals surface area contributed by atoms with E-state index in [-0.39, 0.29) is 15.2 Å². The van der Waals surface area contributed by atoms with Gasteiger partial charge in [-0.1, -0.05) is 12.1 Å². The highest BCUT2D eigenvalue weighted by Gasteiger charge is 2.14. The minimum absolute atomic E-state index is 0.00433. The molecule has 1 aromatic heterocycles. The van der Waals surface area contributed by atoms with E-state index in [0.29, 0.717) is 11.4 Å². The molecule has 3 rings (SSSR count). The van der Waals surface area contributed by atoms with Crippen LogP contribution < -0.4 is 10.3 Å². The molecule has 0 saturated carbocycles. The van der Waals surface area contributed by atoms with Crippen molar-refractivity contribution in [3.05, 3.63) is 74.8 Å². The number of hydrogen-bond acceptors (Lipinski definition) is 6. The van der Waals surface area contributed by atoms with Crippen LogP contribution in [0.3, 0.4) is 0 Å². The summed E-state index contributed by atoms with van der Waals surface area (Å²) in [6.45, 7) is 1.87. The molecule has 0 saturated heterocycles. The Balaban J connectivity index is 1.82. The number of nitrogens with zero attached hydrogens (tertiary/aromatic N) is 1. The monoisotopic (exact) mass is 416 g/mol. The highest BCUT2D eigenvalue weighted by molar-refractivity contribution is 7.92. The van der Waals surface area contributed by atoms with Crippen molar-refractivity contribution in [1.29, 1.82) is 0 Å². The van der Waals surface area contributed by atoms with Gasteiger partial charge in [0.25, 0.3) is 15.6 Å². The van der Waals surface area contributed by atoms with Crippen LogP contribution in [0.2, 0.25) is 0 Å². The molecular formula is C18H16N4O4S2. The summed E-state index contributed by atoms with van der Waals surface area (Å²) in [5, 5.41) is 9.74. The van der Waals surface area contributed by atoms with Crippen LogP contribution in [-0.2, 0) is 10.0 Å². The Kier molecular flexibility index (Phi) is 5.43. The number of nitrogens with one attached hydrogen (secondary N) is 3. The van der Waals surface area contributed by atoms with E-state index in [1.54, 1.807) is 18.2 Å². The van der Waals surface area contributed by atoms with Gasteiger partial charge in [-0.15, -0.1) is 0 Å². The average Bonchev–Trinajstić information content (AvgIpc) is 2.61. The largest absolute Gasteiger partial charge is 0.494 e. The van der Waals surface area contributed by atoms with Crippen molar-refractivity contribution in [2.75, 3.05) is 4.72 Å². The van der Waals surface area contributed by atoms with Crippen molar-refractivity contribution < 1.29 is 13.5 Å². The lowest BCUT2D eigenvalue weighted by Gasteiger charge is -2.08. The smallest absolute Gasteiger partial charge is 0.264 e. The molecule has 8 nitrogen and oxygen atoms in total. The van der Waals surface area contributed by atoms with E-state index in [2.05, 4.69) is 19.7 Å². The standard InChI is InChI=1S/C18H16N4O4S2/c1-11-3-2-4-13(9-11)22-28(25,26)14-7-5-12(6-8-14)19-10-15-16(23)20-18(27)21-17(15)24/h2-10,22H,1H3,(H3,20,21,23,24,27). The van der Waals surface area contributed by atoms with Crippen LogP contribution in [0, 0.1) is 11.7 Å². The highest BCUT2D eigenvalue weighted by Crippen LogP contribution is 2.20. The van der Waals surface area contributed by atoms with Gasteiger partial charge in [0.1, 0.15) is 5.56 Å². The third-order valence-corrected chi connectivity index (χ3v) is 5.32. The van der Waals surface area contributed by atoms with Crippen molar-refractivity contribution in [3.8, 4) is 5.88 Å². The zero-order valence-electron chi connectivity index (χ0n) is 14.6. The van der Waals surface area contributed by atoms with Crippen LogP contribution in [-0.4, -0.2) is 29.7 Å². The van der Waals surface area contributed by atoms with Gasteiger partial charge in [-0.2, -0.15) is 0 Å². The van der Waals surface area contributed by atoms with Gasteiger partial charge >= 0.3 is 0 Å². The van der Waals surface area contributed by atoms with E-state index in [9.17, 15) is 18.3 Å². The lowest BCUT2D eigenvalue weighted by molar-refractivity contribution is 0.449. The summed E-state index contributed by atoms with van der Waals surface area (Å²) < 4.78 is 27.5. The molecular weight excluding hydrogens is 400 g/mol. The summed E-state index contributed by atoms with van der Waals surface area (Å²) in [5.74, 6) is -0.404. The highest BCUT2D eigenvalue weighted by atomic mass is 32.2. The third kappa shape index (κ3) is 4.53. The fourth-order valence-electron chi connectivity index (χ4n) is 2.38. The number of aromatic nitrogens is 2. The van der Waals surface area contributed by atoms with E-state index in [0.717, 1.165) is 11.8 Å². The zero-order chi connectivity index (χ0) is 20.3. The molecule has 144 valence electrons. The molecule has 0 atom stereocenters. The summed E-state index contributed by atoms with van der Waals surface area (Å²) in [4.78, 5) is 20.7. The number of aromatic hydroxyl groups is 1. The molecule has 10 heteroatoms. The first-order chi connectivity index (χ1) is 13.2. The lowest BCUT2D eigenvalue weighted by atomic mass is 10.2. The van der Waals surface area contributed by atoms with Crippen molar-refractivity contribution in [2.45, 2.75) is 11.8 Å². The maximum absolute atomic E-state index is 12.5. The summed E-state index contributed by atoms with van der Waals surface area (Å²) in [5.41, 5.74) is 1.12. The SMILES string of the molecule is Cc1cccc(NS(=O)(=O)c2ccc(N=Cc3c(O)[nH]c(=S)[nH]c3=O)cc2)c1. The second kappa shape index (κ2) is 7.79. The Morgan fingerprint density at radius 3 is 2.50 bits per heavy atom. The fraction of sp³-hybridized carbons (Fsp3) is 0.0556. The number of H-pyrrole nitrogens is 2. The molecule has 0 unspecified atom stereocenters. The Morgan fingerprint density at radius 1 is 1.14 bits per heavy atom. The lowest BCUT2D eigenvalue weighted by Crippen LogP contribution is -2.13. The van der Waals surface area contributed by atoms with Crippen molar-refractivity contribution in [1.82, 2.24) is 9.97 Å². The van der Waals surface area contributed by atoms with Crippen LogP contribution in [0.5, 0.6) is 5.88 Å². The van der Waals surface area contributed by atoms with Gasteiger partial charge in [0.05, 0.1) is 10.6 Å². The molecule has 0 fully saturated rings. The number of aliphatic imine (C=N–C) groups is 1. The number of aromatic amines is 2. The quantitative estimate of drug-likeness (QED) is 0.376. The van der Waals surface area contributed by atoms with E-state index in [4.69, 9.17) is 12.2 Å². The molecule has 0 bridgehead atoms. The van der Waals surface area contributed by atoms with E-state index in [1.165, 1.54) is 24.3 Å². The molecule has 2 aromatic carbocycles. The van der Waals surface area contributed by atoms with Crippen LogP contribution >= 0.6 is 12.2 Å². The van der Waals surface area contributed by atoms with Crippen LogP contribution in [0.1, 0.15) is 11.1 Å². The molecule has 3 aromatic rings. The molecule has 0 aliphatic carbocycles. The minimum Gasteiger partial charge on any atom is -0.494 e. The molecule has 0 aliphatic rings. The first-order valence-electron chi connectivity index (χ1n) is 8.04. The van der Waals surface area contributed by atoms with E-state index < -0.39 is 21.5 Å². The summed E-state index contributed by atoms with van der Waals surface area (Å²) in [7, 11) is -3.75. The number of sulfonamides is 1. The van der Waals surface area contributed by atoms with Gasteiger partial charge in [-0.25, -0.2) is 8.42 Å². The van der Waals surface area contributed by atoms with Gasteiger partial charge in [0, 0.05) is 11.9 Å². The van der Waals surface area contributed by atoms with Crippen molar-refractivity contribution in [3.63, 3.8) is 0 Å². The van der Waals surface area contributed by atoms with Gasteiger partial charge in [-0.05, 0) is 61.1 Å². The maximum Gasteiger partial charge on any atom is 0.264 e. The Hall–Kier alpha value is -3.24. The fourth-order valence-corrected chi connectivity index (χ4v) is 3.62. The number of anilines is 1. The molecule has 0 amide bonds. The molecule has 0 radical (unpaired) electrons. The van der Waals surface area contributed by atoms with Gasteiger partial charge in [0.2, 0.25) is 5.88 Å². The average molecular weight is 416 g/mol. The number of hydrogen-bond donors (Lipinski definition) is 4. The predicted octanol–water partition coefficient (Wildman–Crippen LogP) is 3.00. The second-order valence-electron chi connectivity index (χ2n) is 5.90. The number of benzene rings is 2. The number of aryl methyl sites for hydroxylation is 1. The summed E-state index contributed by atoms with van der Waals surface area (Å²) in [6, 6.07) is 12.8. The van der Waals surface area contributed by atoms with Crippen LogP contribution in [0.25, 0.3) is 0 Å². The van der Waals surface area contributed by atoms with Crippen molar-refractivity contribution in [2.24, 2.45) is 4.99 Å². The topological polar surface area (TPSA) is 127 Å². The number of rotatable bonds is 5. The Bertz CT molecular complexity index is 1260.